The number of benzene rings is 1. The Labute approximate surface area is 119 Å². The van der Waals surface area contributed by atoms with E-state index in [1.807, 2.05) is 29.9 Å². The van der Waals surface area contributed by atoms with Crippen molar-refractivity contribution < 1.29 is 0 Å². The Bertz CT molecular complexity index is 749. The smallest absolute Gasteiger partial charge is 0.113 e. The van der Waals surface area contributed by atoms with Gasteiger partial charge in [0.15, 0.2) is 0 Å². The lowest BCUT2D eigenvalue weighted by atomic mass is 9.91. The highest BCUT2D eigenvalue weighted by molar-refractivity contribution is 5.81. The lowest BCUT2D eigenvalue weighted by molar-refractivity contribution is 0.557. The summed E-state index contributed by atoms with van der Waals surface area (Å²) in [6.07, 6.45) is 0. The lowest BCUT2D eigenvalue weighted by Crippen LogP contribution is -2.13. The van der Waals surface area contributed by atoms with Crippen molar-refractivity contribution in [1.82, 2.24) is 14.8 Å². The van der Waals surface area contributed by atoms with Crippen molar-refractivity contribution in [3.63, 3.8) is 0 Å². The highest BCUT2D eigenvalue weighted by Crippen LogP contribution is 2.29. The molecule has 0 bridgehead atoms. The molecule has 102 valence electrons. The lowest BCUT2D eigenvalue weighted by Gasteiger charge is -2.15. The van der Waals surface area contributed by atoms with Gasteiger partial charge in [0.05, 0.1) is 16.9 Å². The van der Waals surface area contributed by atoms with Crippen LogP contribution in [0.1, 0.15) is 26.5 Å². The molecule has 0 atom stereocenters. The summed E-state index contributed by atoms with van der Waals surface area (Å²) < 4.78 is 1.91. The van der Waals surface area contributed by atoms with E-state index in [9.17, 15) is 0 Å². The Morgan fingerprint density at radius 3 is 2.30 bits per heavy atom. The van der Waals surface area contributed by atoms with Gasteiger partial charge in [-0.15, -0.1) is 0 Å². The SMILES string of the molecule is Cn1nc(C(C)(C)C)c2nc(-c3ccccc3)ccc21. The molecule has 1 aromatic carbocycles. The zero-order valence-corrected chi connectivity index (χ0v) is 12.4. The van der Waals surface area contributed by atoms with Gasteiger partial charge >= 0.3 is 0 Å². The predicted molar refractivity (Wildman–Crippen MR) is 82.6 cm³/mol. The first-order valence-electron chi connectivity index (χ1n) is 6.86. The van der Waals surface area contributed by atoms with Crippen LogP contribution in [-0.4, -0.2) is 14.8 Å². The molecule has 0 saturated carbocycles. The van der Waals surface area contributed by atoms with Crippen LogP contribution in [0, 0.1) is 0 Å². The molecule has 0 spiro atoms. The molecule has 0 N–H and O–H groups in total. The van der Waals surface area contributed by atoms with Crippen LogP contribution in [0.5, 0.6) is 0 Å². The second-order valence-corrected chi connectivity index (χ2v) is 6.15. The Morgan fingerprint density at radius 1 is 0.950 bits per heavy atom. The summed E-state index contributed by atoms with van der Waals surface area (Å²) in [7, 11) is 1.97. The largest absolute Gasteiger partial charge is 0.266 e. The summed E-state index contributed by atoms with van der Waals surface area (Å²) in [6, 6.07) is 14.4. The highest BCUT2D eigenvalue weighted by Gasteiger charge is 2.23. The minimum absolute atomic E-state index is 0.0121. The third-order valence-electron chi connectivity index (χ3n) is 3.48. The molecule has 0 aliphatic carbocycles. The van der Waals surface area contributed by atoms with E-state index in [2.05, 4.69) is 50.1 Å². The molecule has 0 amide bonds. The minimum atomic E-state index is -0.0121. The van der Waals surface area contributed by atoms with Crippen LogP contribution in [0.15, 0.2) is 42.5 Å². The van der Waals surface area contributed by atoms with Gasteiger partial charge in [-0.2, -0.15) is 5.10 Å². The second-order valence-electron chi connectivity index (χ2n) is 6.15. The fourth-order valence-corrected chi connectivity index (χ4v) is 2.41. The number of fused-ring (bicyclic) bond motifs is 1. The minimum Gasteiger partial charge on any atom is -0.266 e. The molecule has 3 nitrogen and oxygen atoms in total. The Morgan fingerprint density at radius 2 is 1.65 bits per heavy atom. The van der Waals surface area contributed by atoms with Crippen LogP contribution in [0.25, 0.3) is 22.3 Å². The molecule has 20 heavy (non-hydrogen) atoms. The van der Waals surface area contributed by atoms with Gasteiger partial charge in [-0.05, 0) is 12.1 Å². The van der Waals surface area contributed by atoms with Gasteiger partial charge < -0.3 is 0 Å². The Kier molecular flexibility index (Phi) is 2.85. The van der Waals surface area contributed by atoms with E-state index in [1.165, 1.54) is 0 Å². The van der Waals surface area contributed by atoms with Crippen molar-refractivity contribution in [1.29, 1.82) is 0 Å². The summed E-state index contributed by atoms with van der Waals surface area (Å²) in [6.45, 7) is 6.52. The zero-order chi connectivity index (χ0) is 14.3. The third-order valence-corrected chi connectivity index (χ3v) is 3.48. The van der Waals surface area contributed by atoms with E-state index in [0.717, 1.165) is 28.0 Å². The molecule has 3 heteroatoms. The van der Waals surface area contributed by atoms with Crippen LogP contribution in [0.3, 0.4) is 0 Å². The van der Waals surface area contributed by atoms with Crippen molar-refractivity contribution in [2.75, 3.05) is 0 Å². The molecule has 3 aromatic rings. The molecule has 2 aromatic heterocycles. The monoisotopic (exact) mass is 265 g/mol. The molecule has 0 fully saturated rings. The average molecular weight is 265 g/mol. The number of aromatic nitrogens is 3. The summed E-state index contributed by atoms with van der Waals surface area (Å²) in [5, 5.41) is 4.65. The topological polar surface area (TPSA) is 30.7 Å². The van der Waals surface area contributed by atoms with Gasteiger partial charge in [0, 0.05) is 18.0 Å². The standard InChI is InChI=1S/C17H19N3/c1-17(2,3)16-15-14(20(4)19-16)11-10-13(18-15)12-8-6-5-7-9-12/h5-11H,1-4H3. The van der Waals surface area contributed by atoms with Crippen molar-refractivity contribution in [3.8, 4) is 11.3 Å². The van der Waals surface area contributed by atoms with Crippen LogP contribution in [0.2, 0.25) is 0 Å². The molecule has 3 rings (SSSR count). The number of rotatable bonds is 1. The number of hydrogen-bond donors (Lipinski definition) is 0. The van der Waals surface area contributed by atoms with Crippen molar-refractivity contribution >= 4 is 11.0 Å². The molecular weight excluding hydrogens is 246 g/mol. The van der Waals surface area contributed by atoms with Gasteiger partial charge in [0.1, 0.15) is 5.52 Å². The second kappa shape index (κ2) is 4.44. The van der Waals surface area contributed by atoms with Crippen molar-refractivity contribution in [2.45, 2.75) is 26.2 Å². The van der Waals surface area contributed by atoms with Gasteiger partial charge in [-0.1, -0.05) is 51.1 Å². The molecule has 0 unspecified atom stereocenters. The van der Waals surface area contributed by atoms with Gasteiger partial charge in [-0.25, -0.2) is 4.98 Å². The summed E-state index contributed by atoms with van der Waals surface area (Å²) in [4.78, 5) is 4.85. The van der Waals surface area contributed by atoms with Crippen LogP contribution >= 0.6 is 0 Å². The zero-order valence-electron chi connectivity index (χ0n) is 12.4. The van der Waals surface area contributed by atoms with E-state index in [4.69, 9.17) is 4.98 Å². The van der Waals surface area contributed by atoms with E-state index in [1.54, 1.807) is 0 Å². The molecule has 2 heterocycles. The molecule has 0 radical (unpaired) electrons. The van der Waals surface area contributed by atoms with E-state index in [-0.39, 0.29) is 5.41 Å². The van der Waals surface area contributed by atoms with E-state index < -0.39 is 0 Å². The van der Waals surface area contributed by atoms with Crippen LogP contribution in [-0.2, 0) is 12.5 Å². The van der Waals surface area contributed by atoms with Crippen molar-refractivity contribution in [3.05, 3.63) is 48.2 Å². The van der Waals surface area contributed by atoms with E-state index in [0.29, 0.717) is 0 Å². The Balaban J connectivity index is 2.25. The number of hydrogen-bond acceptors (Lipinski definition) is 2. The fourth-order valence-electron chi connectivity index (χ4n) is 2.41. The molecular formula is C17H19N3. The number of nitrogens with zero attached hydrogens (tertiary/aromatic N) is 3. The van der Waals surface area contributed by atoms with Gasteiger partial charge in [0.2, 0.25) is 0 Å². The Hall–Kier alpha value is -2.16. The quantitative estimate of drug-likeness (QED) is 0.667. The van der Waals surface area contributed by atoms with Crippen LogP contribution in [0.4, 0.5) is 0 Å². The maximum absolute atomic E-state index is 4.85. The molecule has 0 aliphatic heterocycles. The number of pyridine rings is 1. The first-order chi connectivity index (χ1) is 9.47. The highest BCUT2D eigenvalue weighted by atomic mass is 15.3. The maximum atomic E-state index is 4.85. The summed E-state index contributed by atoms with van der Waals surface area (Å²) in [5.74, 6) is 0. The van der Waals surface area contributed by atoms with E-state index >= 15 is 0 Å². The fraction of sp³-hybridized carbons (Fsp3) is 0.294. The third kappa shape index (κ3) is 2.09. The van der Waals surface area contributed by atoms with Crippen LogP contribution < -0.4 is 0 Å². The number of aryl methyl sites for hydroxylation is 1. The van der Waals surface area contributed by atoms with Gasteiger partial charge in [-0.3, -0.25) is 4.68 Å². The summed E-state index contributed by atoms with van der Waals surface area (Å²) >= 11 is 0. The van der Waals surface area contributed by atoms with Crippen molar-refractivity contribution in [2.24, 2.45) is 7.05 Å². The molecule has 0 aliphatic rings. The maximum Gasteiger partial charge on any atom is 0.113 e. The first-order valence-corrected chi connectivity index (χ1v) is 6.86. The average Bonchev–Trinajstić information content (AvgIpc) is 2.77. The summed E-state index contributed by atoms with van der Waals surface area (Å²) in [5.41, 5.74) is 5.25. The first kappa shape index (κ1) is 12.9. The normalized spacial score (nSPS) is 12.0. The predicted octanol–water partition coefficient (Wildman–Crippen LogP) is 3.93. The molecule has 0 saturated heterocycles. The van der Waals surface area contributed by atoms with Gasteiger partial charge in [0.25, 0.3) is 0 Å².